The number of urea groups is 1. The summed E-state index contributed by atoms with van der Waals surface area (Å²) in [6.45, 7) is 0.712. The van der Waals surface area contributed by atoms with Gasteiger partial charge < -0.3 is 4.90 Å². The second-order valence-corrected chi connectivity index (χ2v) is 7.18. The smallest absolute Gasteiger partial charge is 0.347 e. The molecule has 4 heterocycles. The first-order valence-corrected chi connectivity index (χ1v) is 9.49. The van der Waals surface area contributed by atoms with E-state index < -0.39 is 23.6 Å². The molecular formula is C21H15F4N5O. The molecule has 5 rings (SSSR count). The fourth-order valence-corrected chi connectivity index (χ4v) is 3.84. The Bertz CT molecular complexity index is 1170. The molecule has 0 aliphatic carbocycles. The fourth-order valence-electron chi connectivity index (χ4n) is 3.84. The molecule has 10 heteroatoms. The molecule has 2 aliphatic rings. The number of amides is 2. The standard InChI is InChI=1S/C21H15F4N5O/c22-18-12(4-3-5-13(18)21(23,24)25)14-7-8-15-19(27-14)30(17-9-11-29(15)17)20(31)28-16-6-1-2-10-26-16/h1-8,10,17H,9,11H2,(H,26,28,31)/t17-/m0/s1. The van der Waals surface area contributed by atoms with Crippen LogP contribution in [0.4, 0.5) is 39.7 Å². The van der Waals surface area contributed by atoms with Crippen LogP contribution in [0.1, 0.15) is 12.0 Å². The number of carbonyl (C=O) groups is 1. The Morgan fingerprint density at radius 3 is 2.61 bits per heavy atom. The average molecular weight is 429 g/mol. The van der Waals surface area contributed by atoms with Crippen LogP contribution in [0.15, 0.2) is 54.7 Å². The molecule has 1 fully saturated rings. The number of alkyl halides is 3. The van der Waals surface area contributed by atoms with Crippen molar-refractivity contribution in [2.75, 3.05) is 21.7 Å². The van der Waals surface area contributed by atoms with Gasteiger partial charge in [0.2, 0.25) is 0 Å². The highest BCUT2D eigenvalue weighted by molar-refractivity contribution is 6.06. The summed E-state index contributed by atoms with van der Waals surface area (Å²) >= 11 is 0. The molecule has 1 atom stereocenters. The number of anilines is 3. The number of fused-ring (bicyclic) bond motifs is 3. The summed E-state index contributed by atoms with van der Waals surface area (Å²) in [5.74, 6) is -0.773. The molecule has 0 spiro atoms. The van der Waals surface area contributed by atoms with E-state index in [1.165, 1.54) is 23.2 Å². The molecular weight excluding hydrogens is 414 g/mol. The number of pyridine rings is 2. The monoisotopic (exact) mass is 429 g/mol. The van der Waals surface area contributed by atoms with Crippen LogP contribution in [0, 0.1) is 5.82 Å². The molecule has 3 aromatic rings. The van der Waals surface area contributed by atoms with Gasteiger partial charge in [-0.05, 0) is 36.4 Å². The highest BCUT2D eigenvalue weighted by Gasteiger charge is 2.46. The lowest BCUT2D eigenvalue weighted by Gasteiger charge is -2.39. The van der Waals surface area contributed by atoms with Crippen molar-refractivity contribution < 1.29 is 22.4 Å². The van der Waals surface area contributed by atoms with E-state index in [2.05, 4.69) is 15.3 Å². The third-order valence-electron chi connectivity index (χ3n) is 5.38. The molecule has 0 saturated carbocycles. The zero-order valence-electron chi connectivity index (χ0n) is 15.9. The van der Waals surface area contributed by atoms with Crippen LogP contribution in [0.25, 0.3) is 11.3 Å². The maximum absolute atomic E-state index is 14.6. The van der Waals surface area contributed by atoms with Gasteiger partial charge in [-0.3, -0.25) is 10.2 Å². The Morgan fingerprint density at radius 2 is 1.94 bits per heavy atom. The Morgan fingerprint density at radius 1 is 1.10 bits per heavy atom. The fraction of sp³-hybridized carbons (Fsp3) is 0.190. The van der Waals surface area contributed by atoms with Crippen LogP contribution in [-0.2, 0) is 6.18 Å². The summed E-state index contributed by atoms with van der Waals surface area (Å²) in [6, 6.07) is 10.8. The molecule has 0 bridgehead atoms. The van der Waals surface area contributed by atoms with Gasteiger partial charge in [-0.1, -0.05) is 12.1 Å². The molecule has 1 N–H and O–H groups in total. The Balaban J connectivity index is 1.54. The second-order valence-electron chi connectivity index (χ2n) is 7.18. The molecule has 158 valence electrons. The third kappa shape index (κ3) is 3.15. The summed E-state index contributed by atoms with van der Waals surface area (Å²) in [4.78, 5) is 24.8. The highest BCUT2D eigenvalue weighted by Crippen LogP contribution is 2.45. The average Bonchev–Trinajstić information content (AvgIpc) is 2.93. The van der Waals surface area contributed by atoms with Crippen LogP contribution in [0.5, 0.6) is 0 Å². The normalized spacial score (nSPS) is 17.1. The van der Waals surface area contributed by atoms with Gasteiger partial charge in [-0.25, -0.2) is 19.2 Å². The maximum Gasteiger partial charge on any atom is 0.419 e. The predicted octanol–water partition coefficient (Wildman–Crippen LogP) is 4.89. The Kier molecular flexibility index (Phi) is 4.31. The molecule has 0 unspecified atom stereocenters. The molecule has 0 radical (unpaired) electrons. The van der Waals surface area contributed by atoms with Crippen molar-refractivity contribution in [3.05, 3.63) is 66.1 Å². The van der Waals surface area contributed by atoms with Crippen molar-refractivity contribution in [1.29, 1.82) is 0 Å². The van der Waals surface area contributed by atoms with Crippen molar-refractivity contribution in [3.63, 3.8) is 0 Å². The molecule has 1 aromatic carbocycles. The number of benzene rings is 1. The van der Waals surface area contributed by atoms with Gasteiger partial charge in [0.05, 0.1) is 16.9 Å². The van der Waals surface area contributed by atoms with E-state index in [4.69, 9.17) is 0 Å². The predicted molar refractivity (Wildman–Crippen MR) is 106 cm³/mol. The van der Waals surface area contributed by atoms with E-state index in [9.17, 15) is 22.4 Å². The number of hydrogen-bond donors (Lipinski definition) is 1. The van der Waals surface area contributed by atoms with Crippen LogP contribution < -0.4 is 15.1 Å². The number of carbonyl (C=O) groups excluding carboxylic acids is 1. The summed E-state index contributed by atoms with van der Waals surface area (Å²) in [6.07, 6.45) is -2.83. The summed E-state index contributed by atoms with van der Waals surface area (Å²) in [5.41, 5.74) is -0.957. The molecule has 2 amide bonds. The topological polar surface area (TPSA) is 61.4 Å². The largest absolute Gasteiger partial charge is 0.419 e. The van der Waals surface area contributed by atoms with Gasteiger partial charge in [0.25, 0.3) is 0 Å². The van der Waals surface area contributed by atoms with E-state index in [1.54, 1.807) is 24.3 Å². The third-order valence-corrected chi connectivity index (χ3v) is 5.38. The van der Waals surface area contributed by atoms with Crippen LogP contribution in [0.3, 0.4) is 0 Å². The number of aromatic nitrogens is 2. The minimum atomic E-state index is -4.82. The number of nitrogens with zero attached hydrogens (tertiary/aromatic N) is 4. The first kappa shape index (κ1) is 19.3. The molecule has 2 aliphatic heterocycles. The van der Waals surface area contributed by atoms with Gasteiger partial charge in [0.1, 0.15) is 17.8 Å². The van der Waals surface area contributed by atoms with E-state index in [1.807, 2.05) is 4.90 Å². The van der Waals surface area contributed by atoms with Crippen LogP contribution >= 0.6 is 0 Å². The van der Waals surface area contributed by atoms with Gasteiger partial charge in [0, 0.05) is 24.7 Å². The molecule has 1 saturated heterocycles. The van der Waals surface area contributed by atoms with E-state index >= 15 is 0 Å². The van der Waals surface area contributed by atoms with Gasteiger partial charge in [-0.15, -0.1) is 0 Å². The Hall–Kier alpha value is -3.69. The summed E-state index contributed by atoms with van der Waals surface area (Å²) < 4.78 is 54.0. The van der Waals surface area contributed by atoms with Crippen molar-refractivity contribution in [2.24, 2.45) is 0 Å². The zero-order valence-corrected chi connectivity index (χ0v) is 15.9. The van der Waals surface area contributed by atoms with Gasteiger partial charge >= 0.3 is 12.2 Å². The lowest BCUT2D eigenvalue weighted by atomic mass is 10.1. The number of halogens is 4. The molecule has 6 nitrogen and oxygen atoms in total. The quantitative estimate of drug-likeness (QED) is 0.590. The maximum atomic E-state index is 14.6. The van der Waals surface area contributed by atoms with Crippen molar-refractivity contribution in [2.45, 2.75) is 18.8 Å². The van der Waals surface area contributed by atoms with Crippen molar-refractivity contribution in [3.8, 4) is 11.3 Å². The number of hydrogen-bond acceptors (Lipinski definition) is 4. The Labute approximate surface area is 174 Å². The first-order chi connectivity index (χ1) is 14.8. The van der Waals surface area contributed by atoms with Crippen molar-refractivity contribution in [1.82, 2.24) is 9.97 Å². The number of rotatable bonds is 2. The van der Waals surface area contributed by atoms with Crippen molar-refractivity contribution >= 4 is 23.4 Å². The summed E-state index contributed by atoms with van der Waals surface area (Å²) in [7, 11) is 0. The van der Waals surface area contributed by atoms with E-state index in [0.29, 0.717) is 30.5 Å². The number of nitrogens with one attached hydrogen (secondary N) is 1. The van der Waals surface area contributed by atoms with E-state index in [0.717, 1.165) is 6.07 Å². The highest BCUT2D eigenvalue weighted by atomic mass is 19.4. The zero-order chi connectivity index (χ0) is 21.8. The molecule has 2 aromatic heterocycles. The second kappa shape index (κ2) is 6.93. The van der Waals surface area contributed by atoms with Crippen LogP contribution in [0.2, 0.25) is 0 Å². The van der Waals surface area contributed by atoms with Crippen LogP contribution in [-0.4, -0.2) is 28.7 Å². The lowest BCUT2D eigenvalue weighted by molar-refractivity contribution is -0.139. The van der Waals surface area contributed by atoms with Gasteiger partial charge in [-0.2, -0.15) is 13.2 Å². The molecule has 31 heavy (non-hydrogen) atoms. The summed E-state index contributed by atoms with van der Waals surface area (Å²) in [5, 5.41) is 2.70. The minimum Gasteiger partial charge on any atom is -0.347 e. The SMILES string of the molecule is O=C(Nc1ccccn1)N1c2nc(-c3cccc(C(F)(F)F)c3F)ccc2N2CC[C@@H]21. The van der Waals surface area contributed by atoms with E-state index in [-0.39, 0.29) is 23.2 Å². The van der Waals surface area contributed by atoms with Gasteiger partial charge in [0.15, 0.2) is 5.82 Å². The minimum absolute atomic E-state index is 0.0143. The first-order valence-electron chi connectivity index (χ1n) is 9.49. The lowest BCUT2D eigenvalue weighted by Crippen LogP contribution is -2.56.